The zero-order chi connectivity index (χ0) is 30.0. The Morgan fingerprint density at radius 2 is 1.39 bits per heavy atom. The van der Waals surface area contributed by atoms with Gasteiger partial charge in [0, 0.05) is 31.1 Å². The van der Waals surface area contributed by atoms with Crippen LogP contribution in [0.5, 0.6) is 0 Å². The van der Waals surface area contributed by atoms with Crippen molar-refractivity contribution in [3.8, 4) is 0 Å². The number of imide groups is 1. The van der Waals surface area contributed by atoms with Crippen LogP contribution in [-0.4, -0.2) is 76.5 Å². The van der Waals surface area contributed by atoms with E-state index in [0.717, 1.165) is 48.3 Å². The van der Waals surface area contributed by atoms with Gasteiger partial charge in [-0.15, -0.1) is 0 Å². The number of carbonyl (C=O) groups is 2. The van der Waals surface area contributed by atoms with Crippen molar-refractivity contribution in [2.45, 2.75) is 69.8 Å². The zero-order valence-corrected chi connectivity index (χ0v) is 25.1. The van der Waals surface area contributed by atoms with E-state index in [9.17, 15) is 14.7 Å². The van der Waals surface area contributed by atoms with Crippen LogP contribution in [0.1, 0.15) is 87.5 Å². The number of aliphatic hydroxyl groups is 1. The molecule has 8 nitrogen and oxygen atoms in total. The van der Waals surface area contributed by atoms with Crippen LogP contribution in [0.15, 0.2) is 72.8 Å². The fourth-order valence-electron chi connectivity index (χ4n) is 7.25. The lowest BCUT2D eigenvalue weighted by molar-refractivity contribution is -0.253. The van der Waals surface area contributed by atoms with E-state index in [1.54, 1.807) is 24.3 Å². The van der Waals surface area contributed by atoms with E-state index in [0.29, 0.717) is 17.2 Å². The number of benzene rings is 3. The van der Waals surface area contributed by atoms with Crippen molar-refractivity contribution < 1.29 is 24.2 Å². The molecule has 7 rings (SSSR count). The minimum Gasteiger partial charge on any atom is -0.392 e. The highest BCUT2D eigenvalue weighted by Crippen LogP contribution is 2.39. The summed E-state index contributed by atoms with van der Waals surface area (Å²) in [7, 11) is 0. The fraction of sp³-hybridized carbons (Fsp3) is 0.444. The van der Waals surface area contributed by atoms with Crippen LogP contribution in [0.2, 0.25) is 0 Å². The van der Waals surface area contributed by atoms with Gasteiger partial charge in [0.15, 0.2) is 6.29 Å². The van der Waals surface area contributed by atoms with Gasteiger partial charge in [-0.1, -0.05) is 60.7 Å². The Kier molecular flexibility index (Phi) is 8.60. The van der Waals surface area contributed by atoms with Crippen molar-refractivity contribution in [1.29, 1.82) is 0 Å². The minimum absolute atomic E-state index is 0.00784. The molecule has 8 heteroatoms. The van der Waals surface area contributed by atoms with Crippen LogP contribution in [0.4, 0.5) is 0 Å². The summed E-state index contributed by atoms with van der Waals surface area (Å²) in [5.74, 6) is -0.507. The van der Waals surface area contributed by atoms with E-state index >= 15 is 0 Å². The molecular formula is C36H41N3O5. The predicted molar refractivity (Wildman–Crippen MR) is 166 cm³/mol. The number of nitrogens with zero attached hydrogens (tertiary/aromatic N) is 3. The van der Waals surface area contributed by atoms with Gasteiger partial charge in [-0.3, -0.25) is 19.4 Å². The standard InChI is InChI=1S/C36H41N3O5/c40-24-26-11-13-27(14-12-26)33-20-30(23-38-19-5-6-29(38)22-37-17-3-4-18-37)43-36(44-33)28-15-9-25(10-16-28)21-39-34(41)31-7-1-2-8-32(31)35(39)42/h1-2,7-16,29-30,33,36,40H,3-6,17-24H2. The Bertz CT molecular complexity index is 1430. The van der Waals surface area contributed by atoms with Crippen molar-refractivity contribution in [2.75, 3.05) is 32.7 Å². The largest absolute Gasteiger partial charge is 0.392 e. The van der Waals surface area contributed by atoms with Crippen LogP contribution >= 0.6 is 0 Å². The third-order valence-electron chi connectivity index (χ3n) is 9.69. The van der Waals surface area contributed by atoms with Gasteiger partial charge < -0.3 is 19.5 Å². The summed E-state index contributed by atoms with van der Waals surface area (Å²) in [5, 5.41) is 9.54. The molecule has 3 saturated heterocycles. The lowest BCUT2D eigenvalue weighted by Crippen LogP contribution is -2.45. The van der Waals surface area contributed by atoms with Crippen molar-refractivity contribution in [2.24, 2.45) is 0 Å². The molecule has 3 aromatic rings. The van der Waals surface area contributed by atoms with Gasteiger partial charge in [0.05, 0.1) is 36.5 Å². The van der Waals surface area contributed by atoms with Crippen LogP contribution < -0.4 is 0 Å². The Morgan fingerprint density at radius 1 is 0.727 bits per heavy atom. The maximum Gasteiger partial charge on any atom is 0.261 e. The van der Waals surface area contributed by atoms with Crippen molar-refractivity contribution in [1.82, 2.24) is 14.7 Å². The van der Waals surface area contributed by atoms with E-state index < -0.39 is 6.29 Å². The molecule has 4 unspecified atom stereocenters. The molecule has 0 radical (unpaired) electrons. The molecular weight excluding hydrogens is 554 g/mol. The number of ether oxygens (including phenoxy) is 2. The van der Waals surface area contributed by atoms with Gasteiger partial charge in [-0.25, -0.2) is 0 Å². The van der Waals surface area contributed by atoms with Crippen LogP contribution in [-0.2, 0) is 22.6 Å². The van der Waals surface area contributed by atoms with Crippen LogP contribution in [0.25, 0.3) is 0 Å². The second kappa shape index (κ2) is 12.9. The molecule has 230 valence electrons. The van der Waals surface area contributed by atoms with Crippen LogP contribution in [0, 0.1) is 0 Å². The monoisotopic (exact) mass is 595 g/mol. The molecule has 0 spiro atoms. The highest BCUT2D eigenvalue weighted by Gasteiger charge is 2.37. The number of rotatable bonds is 9. The minimum atomic E-state index is -0.538. The average Bonchev–Trinajstić information content (AvgIpc) is 3.80. The van der Waals surface area contributed by atoms with E-state index in [1.165, 1.54) is 43.7 Å². The van der Waals surface area contributed by atoms with E-state index in [1.807, 2.05) is 48.5 Å². The van der Waals surface area contributed by atoms with Gasteiger partial charge in [-0.05, 0) is 74.1 Å². The quantitative estimate of drug-likeness (QED) is 0.346. The van der Waals surface area contributed by atoms with Crippen molar-refractivity contribution in [3.05, 3.63) is 106 Å². The summed E-state index contributed by atoms with van der Waals surface area (Å²) >= 11 is 0. The van der Waals surface area contributed by atoms with Crippen molar-refractivity contribution >= 4 is 11.8 Å². The van der Waals surface area contributed by atoms with Gasteiger partial charge in [-0.2, -0.15) is 0 Å². The van der Waals surface area contributed by atoms with Gasteiger partial charge in [0.2, 0.25) is 0 Å². The summed E-state index contributed by atoms with van der Waals surface area (Å²) in [6.45, 7) is 5.79. The number of aliphatic hydroxyl groups excluding tert-OH is 1. The molecule has 4 atom stereocenters. The third-order valence-corrected chi connectivity index (χ3v) is 9.69. The van der Waals surface area contributed by atoms with E-state index in [-0.39, 0.29) is 37.2 Å². The van der Waals surface area contributed by atoms with Gasteiger partial charge in [0.1, 0.15) is 0 Å². The molecule has 4 aliphatic heterocycles. The lowest BCUT2D eigenvalue weighted by atomic mass is 9.99. The molecule has 3 aromatic carbocycles. The molecule has 0 saturated carbocycles. The smallest absolute Gasteiger partial charge is 0.261 e. The fourth-order valence-corrected chi connectivity index (χ4v) is 7.25. The molecule has 1 N–H and O–H groups in total. The number of hydrogen-bond donors (Lipinski definition) is 1. The highest BCUT2D eigenvalue weighted by atomic mass is 16.7. The number of amides is 2. The first-order chi connectivity index (χ1) is 21.6. The molecule has 4 aliphatic rings. The highest BCUT2D eigenvalue weighted by molar-refractivity contribution is 6.21. The normalized spacial score (nSPS) is 26.1. The summed E-state index contributed by atoms with van der Waals surface area (Å²) in [5.41, 5.74) is 4.66. The molecule has 44 heavy (non-hydrogen) atoms. The Labute approximate surface area is 259 Å². The summed E-state index contributed by atoms with van der Waals surface area (Å²) in [4.78, 5) is 32.3. The number of carbonyl (C=O) groups excluding carboxylic acids is 2. The topological polar surface area (TPSA) is 82.6 Å². The molecule has 3 fully saturated rings. The lowest BCUT2D eigenvalue weighted by Gasteiger charge is -2.39. The third kappa shape index (κ3) is 6.10. The summed E-state index contributed by atoms with van der Waals surface area (Å²) < 4.78 is 13.2. The average molecular weight is 596 g/mol. The maximum absolute atomic E-state index is 12.9. The Balaban J connectivity index is 1.07. The number of fused-ring (bicyclic) bond motifs is 1. The van der Waals surface area contributed by atoms with E-state index in [4.69, 9.17) is 9.47 Å². The first kappa shape index (κ1) is 29.3. The van der Waals surface area contributed by atoms with E-state index in [2.05, 4.69) is 9.80 Å². The molecule has 4 heterocycles. The van der Waals surface area contributed by atoms with Crippen molar-refractivity contribution in [3.63, 3.8) is 0 Å². The Morgan fingerprint density at radius 3 is 2.07 bits per heavy atom. The molecule has 0 aromatic heterocycles. The summed E-state index contributed by atoms with van der Waals surface area (Å²) in [6.07, 6.45) is 5.19. The summed E-state index contributed by atoms with van der Waals surface area (Å²) in [6, 6.07) is 23.4. The SMILES string of the molecule is O=C1c2ccccc2C(=O)N1Cc1ccc(C2OC(CN3CCCC3CN3CCCC3)CC(c3ccc(CO)cc3)O2)cc1. The molecule has 2 amide bonds. The van der Waals surface area contributed by atoms with Crippen LogP contribution in [0.3, 0.4) is 0 Å². The second-order valence-electron chi connectivity index (χ2n) is 12.6. The van der Waals surface area contributed by atoms with Gasteiger partial charge in [0.25, 0.3) is 11.8 Å². The first-order valence-corrected chi connectivity index (χ1v) is 16.1. The van der Waals surface area contributed by atoms with Gasteiger partial charge >= 0.3 is 0 Å². The number of likely N-dealkylation sites (tertiary alicyclic amines) is 2. The zero-order valence-electron chi connectivity index (χ0n) is 25.1. The Hall–Kier alpha value is -3.40. The first-order valence-electron chi connectivity index (χ1n) is 16.1. The number of hydrogen-bond acceptors (Lipinski definition) is 7. The predicted octanol–water partition coefficient (Wildman–Crippen LogP) is 5.08. The maximum atomic E-state index is 12.9. The molecule has 0 bridgehead atoms. The molecule has 0 aliphatic carbocycles. The second-order valence-corrected chi connectivity index (χ2v) is 12.6.